The molecule has 3 heteroatoms. The van der Waals surface area contributed by atoms with Crippen molar-refractivity contribution in [2.45, 2.75) is 32.9 Å². The maximum atomic E-state index is 13.5. The molecule has 1 saturated heterocycles. The van der Waals surface area contributed by atoms with E-state index >= 15 is 0 Å². The Morgan fingerprint density at radius 3 is 2.53 bits per heavy atom. The zero-order valence-electron chi connectivity index (χ0n) is 10.9. The van der Waals surface area contributed by atoms with Crippen LogP contribution in [0.4, 0.5) is 4.39 Å². The van der Waals surface area contributed by atoms with Crippen molar-refractivity contribution in [2.24, 2.45) is 0 Å². The van der Waals surface area contributed by atoms with Crippen molar-refractivity contribution >= 4 is 0 Å². The third-order valence-electron chi connectivity index (χ3n) is 3.48. The number of hydrogen-bond acceptors (Lipinski definition) is 2. The standard InChI is InChI=1S/C14H21FN2/c1-10-6-12(7-11(2)14(10)15)8-16-13-4-5-17(3)9-13/h6-7,13,16H,4-5,8-9H2,1-3H3. The lowest BCUT2D eigenvalue weighted by Crippen LogP contribution is -2.31. The molecule has 2 nitrogen and oxygen atoms in total. The molecule has 0 aliphatic carbocycles. The SMILES string of the molecule is Cc1cc(CNC2CCN(C)C2)cc(C)c1F. The minimum absolute atomic E-state index is 0.0747. The predicted molar refractivity (Wildman–Crippen MR) is 68.6 cm³/mol. The second kappa shape index (κ2) is 5.15. The number of aryl methyl sites for hydroxylation is 2. The Morgan fingerprint density at radius 2 is 2.00 bits per heavy atom. The number of hydrogen-bond donors (Lipinski definition) is 1. The molecule has 0 spiro atoms. The monoisotopic (exact) mass is 236 g/mol. The number of nitrogens with zero attached hydrogens (tertiary/aromatic N) is 1. The lowest BCUT2D eigenvalue weighted by molar-refractivity contribution is 0.397. The van der Waals surface area contributed by atoms with E-state index in [1.54, 1.807) is 0 Å². The summed E-state index contributed by atoms with van der Waals surface area (Å²) in [6.07, 6.45) is 1.20. The molecule has 1 heterocycles. The van der Waals surface area contributed by atoms with Gasteiger partial charge in [-0.2, -0.15) is 0 Å². The summed E-state index contributed by atoms with van der Waals surface area (Å²) in [5.74, 6) is -0.0747. The van der Waals surface area contributed by atoms with Gasteiger partial charge < -0.3 is 10.2 Å². The highest BCUT2D eigenvalue weighted by atomic mass is 19.1. The molecule has 0 amide bonds. The van der Waals surface area contributed by atoms with E-state index in [-0.39, 0.29) is 5.82 Å². The summed E-state index contributed by atoms with van der Waals surface area (Å²) in [7, 11) is 2.15. The summed E-state index contributed by atoms with van der Waals surface area (Å²) in [6.45, 7) is 6.77. The van der Waals surface area contributed by atoms with Gasteiger partial charge in [0.2, 0.25) is 0 Å². The first-order chi connectivity index (χ1) is 8.06. The second-order valence-electron chi connectivity index (χ2n) is 5.17. The fourth-order valence-electron chi connectivity index (χ4n) is 2.50. The molecule has 2 rings (SSSR count). The van der Waals surface area contributed by atoms with E-state index in [1.807, 2.05) is 26.0 Å². The quantitative estimate of drug-likeness (QED) is 0.866. The van der Waals surface area contributed by atoms with Crippen LogP contribution in [0.15, 0.2) is 12.1 Å². The Balaban J connectivity index is 1.95. The minimum Gasteiger partial charge on any atom is -0.309 e. The van der Waals surface area contributed by atoms with E-state index in [9.17, 15) is 4.39 Å². The van der Waals surface area contributed by atoms with Crippen LogP contribution in [-0.4, -0.2) is 31.1 Å². The van der Waals surface area contributed by atoms with E-state index in [2.05, 4.69) is 17.3 Å². The van der Waals surface area contributed by atoms with Gasteiger partial charge in [0.25, 0.3) is 0 Å². The van der Waals surface area contributed by atoms with Gasteiger partial charge in [-0.05, 0) is 50.6 Å². The Bertz CT molecular complexity index is 380. The van der Waals surface area contributed by atoms with Crippen molar-refractivity contribution in [1.29, 1.82) is 0 Å². The highest BCUT2D eigenvalue weighted by Gasteiger charge is 2.18. The van der Waals surface area contributed by atoms with Crippen LogP contribution in [0.1, 0.15) is 23.1 Å². The van der Waals surface area contributed by atoms with Crippen molar-refractivity contribution in [3.63, 3.8) is 0 Å². The zero-order valence-corrected chi connectivity index (χ0v) is 10.9. The van der Waals surface area contributed by atoms with Crippen LogP contribution in [-0.2, 0) is 6.54 Å². The maximum Gasteiger partial charge on any atom is 0.129 e. The number of benzene rings is 1. The van der Waals surface area contributed by atoms with Gasteiger partial charge in [-0.25, -0.2) is 4.39 Å². The fourth-order valence-corrected chi connectivity index (χ4v) is 2.50. The van der Waals surface area contributed by atoms with E-state index in [1.165, 1.54) is 18.5 Å². The third kappa shape index (κ3) is 3.05. The van der Waals surface area contributed by atoms with Crippen LogP contribution >= 0.6 is 0 Å². The summed E-state index contributed by atoms with van der Waals surface area (Å²) < 4.78 is 13.5. The van der Waals surface area contributed by atoms with Gasteiger partial charge in [0.15, 0.2) is 0 Å². The van der Waals surface area contributed by atoms with Crippen LogP contribution in [0.2, 0.25) is 0 Å². The zero-order chi connectivity index (χ0) is 12.4. The molecule has 1 aliphatic heterocycles. The topological polar surface area (TPSA) is 15.3 Å². The molecule has 0 saturated carbocycles. The molecule has 0 aromatic heterocycles. The molecule has 0 radical (unpaired) electrons. The van der Waals surface area contributed by atoms with Crippen LogP contribution in [0.3, 0.4) is 0 Å². The summed E-state index contributed by atoms with van der Waals surface area (Å²) in [5, 5.41) is 3.54. The van der Waals surface area contributed by atoms with Crippen molar-refractivity contribution in [3.8, 4) is 0 Å². The van der Waals surface area contributed by atoms with Gasteiger partial charge in [0.1, 0.15) is 5.82 Å². The summed E-state index contributed by atoms with van der Waals surface area (Å²) in [4.78, 5) is 2.33. The molecule has 1 aromatic carbocycles. The van der Waals surface area contributed by atoms with Gasteiger partial charge in [0, 0.05) is 19.1 Å². The Labute approximate surface area is 103 Å². The highest BCUT2D eigenvalue weighted by molar-refractivity contribution is 5.30. The minimum atomic E-state index is -0.0747. The number of likely N-dealkylation sites (tertiary alicyclic amines) is 1. The fraction of sp³-hybridized carbons (Fsp3) is 0.571. The average molecular weight is 236 g/mol. The normalized spacial score (nSPS) is 21.1. The number of rotatable bonds is 3. The van der Waals surface area contributed by atoms with Crippen molar-refractivity contribution in [3.05, 3.63) is 34.6 Å². The molecular weight excluding hydrogens is 215 g/mol. The molecule has 1 aliphatic rings. The largest absolute Gasteiger partial charge is 0.309 e. The van der Waals surface area contributed by atoms with Gasteiger partial charge in [-0.3, -0.25) is 0 Å². The summed E-state index contributed by atoms with van der Waals surface area (Å²) in [6, 6.07) is 4.45. The Hall–Kier alpha value is -0.930. The molecule has 17 heavy (non-hydrogen) atoms. The van der Waals surface area contributed by atoms with Crippen molar-refractivity contribution in [2.75, 3.05) is 20.1 Å². The summed E-state index contributed by atoms with van der Waals surface area (Å²) >= 11 is 0. The Kier molecular flexibility index (Phi) is 3.79. The number of nitrogens with one attached hydrogen (secondary N) is 1. The van der Waals surface area contributed by atoms with Crippen LogP contribution < -0.4 is 5.32 Å². The smallest absolute Gasteiger partial charge is 0.129 e. The highest BCUT2D eigenvalue weighted by Crippen LogP contribution is 2.15. The van der Waals surface area contributed by atoms with Crippen LogP contribution in [0, 0.1) is 19.7 Å². The van der Waals surface area contributed by atoms with E-state index in [0.717, 1.165) is 24.2 Å². The van der Waals surface area contributed by atoms with Gasteiger partial charge >= 0.3 is 0 Å². The first-order valence-electron chi connectivity index (χ1n) is 6.24. The van der Waals surface area contributed by atoms with Gasteiger partial charge in [-0.1, -0.05) is 12.1 Å². The number of likely N-dealkylation sites (N-methyl/N-ethyl adjacent to an activating group) is 1. The molecule has 1 N–H and O–H groups in total. The lowest BCUT2D eigenvalue weighted by Gasteiger charge is -2.14. The van der Waals surface area contributed by atoms with Gasteiger partial charge in [0.05, 0.1) is 0 Å². The average Bonchev–Trinajstić information content (AvgIpc) is 2.69. The predicted octanol–water partition coefficient (Wildman–Crippen LogP) is 2.24. The second-order valence-corrected chi connectivity index (χ2v) is 5.17. The van der Waals surface area contributed by atoms with Crippen LogP contribution in [0.5, 0.6) is 0 Å². The molecule has 1 unspecified atom stereocenters. The molecule has 1 fully saturated rings. The Morgan fingerprint density at radius 1 is 1.35 bits per heavy atom. The third-order valence-corrected chi connectivity index (χ3v) is 3.48. The maximum absolute atomic E-state index is 13.5. The molecule has 0 bridgehead atoms. The van der Waals surface area contributed by atoms with E-state index in [4.69, 9.17) is 0 Å². The molecule has 1 aromatic rings. The van der Waals surface area contributed by atoms with Crippen molar-refractivity contribution < 1.29 is 4.39 Å². The first kappa shape index (κ1) is 12.5. The van der Waals surface area contributed by atoms with Crippen molar-refractivity contribution in [1.82, 2.24) is 10.2 Å². The first-order valence-corrected chi connectivity index (χ1v) is 6.24. The van der Waals surface area contributed by atoms with Gasteiger partial charge in [-0.15, -0.1) is 0 Å². The van der Waals surface area contributed by atoms with Crippen LogP contribution in [0.25, 0.3) is 0 Å². The molecule has 1 atom stereocenters. The molecule has 94 valence electrons. The number of halogens is 1. The molecular formula is C14H21FN2. The lowest BCUT2D eigenvalue weighted by atomic mass is 10.1. The van der Waals surface area contributed by atoms with E-state index < -0.39 is 0 Å². The van der Waals surface area contributed by atoms with E-state index in [0.29, 0.717) is 6.04 Å². The summed E-state index contributed by atoms with van der Waals surface area (Å²) in [5.41, 5.74) is 2.66.